The van der Waals surface area contributed by atoms with Crippen LogP contribution in [0.5, 0.6) is 23.0 Å². The first-order valence-electron chi connectivity index (χ1n) is 34.5. The van der Waals surface area contributed by atoms with E-state index in [1.54, 1.807) is 18.2 Å². The molecule has 652 valence electrons. The first kappa shape index (κ1) is 97.7. The molecular weight excluding hydrogens is 1700 g/mol. The van der Waals surface area contributed by atoms with Gasteiger partial charge in [0.2, 0.25) is 63.7 Å². The molecular formula is C67H88N10O35S6. The maximum absolute atomic E-state index is 15.1. The fourth-order valence-corrected chi connectivity index (χ4v) is 17.0. The number of ether oxygens (including phenoxy) is 4. The second kappa shape index (κ2) is 43.7. The third-order valence-corrected chi connectivity index (χ3v) is 25.0. The first-order valence-corrected chi connectivity index (χ1v) is 42.8. The molecule has 1 aliphatic carbocycles. The van der Waals surface area contributed by atoms with E-state index < -0.39 is 354 Å². The largest absolute Gasteiger partial charge is 0.483 e. The highest BCUT2D eigenvalue weighted by Crippen LogP contribution is 2.43. The number of aliphatic hydroxyl groups excluding tert-OH is 12. The van der Waals surface area contributed by atoms with Crippen molar-refractivity contribution < 1.29 is 168 Å². The summed E-state index contributed by atoms with van der Waals surface area (Å²) in [6.45, 7) is -24.0. The van der Waals surface area contributed by atoms with Crippen LogP contribution in [0, 0.1) is 0 Å². The Morgan fingerprint density at radius 2 is 0.593 bits per heavy atom. The minimum absolute atomic E-state index is 0.0989. The molecule has 0 atom stereocenters. The molecule has 0 saturated heterocycles. The van der Waals surface area contributed by atoms with Gasteiger partial charge in [0.15, 0.2) is 26.4 Å². The molecule has 6 rings (SSSR count). The van der Waals surface area contributed by atoms with Crippen LogP contribution in [-0.4, -0.2) is 329 Å². The summed E-state index contributed by atoms with van der Waals surface area (Å²) in [6, 6.07) is 10.9. The Morgan fingerprint density at radius 3 is 0.805 bits per heavy atom. The minimum Gasteiger partial charge on any atom is -0.483 e. The highest BCUT2D eigenvalue weighted by atomic mass is 33.1. The van der Waals surface area contributed by atoms with Gasteiger partial charge in [-0.2, -0.15) is 0 Å². The molecule has 0 spiro atoms. The Balaban J connectivity index is 1.85. The Labute approximate surface area is 680 Å². The van der Waals surface area contributed by atoms with Gasteiger partial charge in [0.1, 0.15) is 50.2 Å². The highest BCUT2D eigenvalue weighted by molar-refractivity contribution is 8.76. The van der Waals surface area contributed by atoms with Crippen molar-refractivity contribution in [3.63, 3.8) is 0 Å². The van der Waals surface area contributed by atoms with Crippen LogP contribution >= 0.6 is 21.6 Å². The van der Waals surface area contributed by atoms with Crippen molar-refractivity contribution >= 4 is 109 Å². The van der Waals surface area contributed by atoms with Crippen LogP contribution in [0.15, 0.2) is 97.5 Å². The summed E-state index contributed by atoms with van der Waals surface area (Å²) in [5.41, 5.74) is -13.6. The zero-order chi connectivity index (χ0) is 87.6. The van der Waals surface area contributed by atoms with Crippen molar-refractivity contribution in [2.24, 2.45) is 0 Å². The number of amides is 5. The fourth-order valence-electron chi connectivity index (χ4n) is 10.9. The lowest BCUT2D eigenvalue weighted by molar-refractivity contribution is -0.140. The van der Waals surface area contributed by atoms with Gasteiger partial charge >= 0.3 is 17.9 Å². The van der Waals surface area contributed by atoms with E-state index in [0.29, 0.717) is 29.3 Å². The van der Waals surface area contributed by atoms with Crippen molar-refractivity contribution in [1.29, 1.82) is 0 Å². The number of sulfonamides is 4. The predicted octanol–water partition coefficient (Wildman–Crippen LogP) is -9.48. The molecule has 8 bridgehead atoms. The van der Waals surface area contributed by atoms with Gasteiger partial charge in [-0.1, -0.05) is 16.9 Å². The summed E-state index contributed by atoms with van der Waals surface area (Å²) in [5, 5.41) is 162. The monoisotopic (exact) mass is 1780 g/mol. The van der Waals surface area contributed by atoms with Crippen molar-refractivity contribution in [3.8, 4) is 23.0 Å². The number of benzene rings is 4. The summed E-state index contributed by atoms with van der Waals surface area (Å²) in [4.78, 5) is 107. The molecule has 51 heteroatoms. The molecule has 5 aromatic rings. The van der Waals surface area contributed by atoms with E-state index in [2.05, 4.69) is 31.6 Å². The van der Waals surface area contributed by atoms with Crippen LogP contribution in [0.3, 0.4) is 0 Å². The number of aromatic nitrogens is 1. The van der Waals surface area contributed by atoms with Gasteiger partial charge in [-0.3, -0.25) is 24.0 Å². The standard InChI is InChI=1S/C67H88N10O35S6/c78-27-64(28-79,29-80)74-51(90)19-70-115(101,102)47-11-39-7-41-13-48(116(103,104)71-20-52(91)75-65(30-81,31-82)32-83)15-43(61(41)110-24-57(95)96)9-45-17-50(118(107,108)73-22-54(93)77-67(36-87,37-88)38-89)18-46(63(45)112-26-59(99)100)10-44-16-49(117(105,106)72-21-53(92)76-66(33-84,34-85)35-86)14-42(62(44)111-25-58(97)98)8-40(12-47)60(39)109-23-55(94)68-5-6-113-114-56-3-1-2-4-69-56/h1-4,11-18,70-73,78-89H,5-10,19-38H2,(H,68,94)(H,74,90)(H,75,91)(H,76,92)(H,77,93)(H,95,96)(H,97,98)(H,99,100). The molecule has 0 fully saturated rings. The summed E-state index contributed by atoms with van der Waals surface area (Å²) >= 11 is 0. The van der Waals surface area contributed by atoms with Crippen molar-refractivity contribution in [1.82, 2.24) is 50.5 Å². The second-order valence-electron chi connectivity index (χ2n) is 26.3. The van der Waals surface area contributed by atoms with Crippen LogP contribution in [-0.2, 0) is 104 Å². The number of carbonyl (C=O) groups is 8. The SMILES string of the molecule is O=C(O)COc1c2cc(S(=O)(=O)NCC(=O)NC(CO)(CO)CO)cc1Cc1cc(S(=O)(=O)NCC(=O)NC(CO)(CO)CO)cc(c1OCC(=O)O)Cc1cc(S(=O)(=O)NCC(=O)NC(CO)(CO)CO)cc(c1OCC(=O)NCCSSc1ccccn1)Cc1cc(S(=O)(=O)NCC(=O)NC(CO)(CO)CO)cc(c1OCC(=O)O)C2. The minimum atomic E-state index is -5.35. The number of carboxylic acids is 3. The highest BCUT2D eigenvalue weighted by Gasteiger charge is 2.37. The Kier molecular flexibility index (Phi) is 36.2. The lowest BCUT2D eigenvalue weighted by Crippen LogP contribution is -2.58. The quantitative estimate of drug-likeness (QED) is 0.0125. The van der Waals surface area contributed by atoms with E-state index in [0.717, 1.165) is 24.3 Å². The number of fused-ring (bicyclic) bond motifs is 8. The summed E-state index contributed by atoms with van der Waals surface area (Å²) in [7, 11) is -18.9. The summed E-state index contributed by atoms with van der Waals surface area (Å²) < 4.78 is 152. The molecule has 1 heterocycles. The van der Waals surface area contributed by atoms with E-state index in [1.165, 1.54) is 27.8 Å². The third kappa shape index (κ3) is 26.9. The maximum atomic E-state index is 15.1. The Bertz CT molecular complexity index is 4680. The van der Waals surface area contributed by atoms with Gasteiger partial charge < -0.3 is 122 Å². The van der Waals surface area contributed by atoms with E-state index in [9.17, 15) is 123 Å². The lowest BCUT2D eigenvalue weighted by atomic mass is 9.91. The molecule has 45 nitrogen and oxygen atoms in total. The van der Waals surface area contributed by atoms with Gasteiger partial charge in [0.05, 0.1) is 125 Å². The summed E-state index contributed by atoms with van der Waals surface area (Å²) in [5.74, 6) is -14.3. The fraction of sp³-hybridized carbons (Fsp3) is 0.448. The van der Waals surface area contributed by atoms with E-state index in [-0.39, 0.29) is 12.3 Å². The van der Waals surface area contributed by atoms with Gasteiger partial charge in [-0.25, -0.2) is 71.9 Å². The predicted molar refractivity (Wildman–Crippen MR) is 407 cm³/mol. The average molecular weight is 1790 g/mol. The first-order chi connectivity index (χ1) is 55.7. The number of carbonyl (C=O) groups excluding carboxylic acids is 5. The van der Waals surface area contributed by atoms with E-state index in [4.69, 9.17) is 18.9 Å². The molecule has 0 aliphatic heterocycles. The molecule has 0 saturated carbocycles. The lowest BCUT2D eigenvalue weighted by Gasteiger charge is -2.28. The van der Waals surface area contributed by atoms with Crippen LogP contribution in [0.1, 0.15) is 44.5 Å². The summed E-state index contributed by atoms with van der Waals surface area (Å²) in [6.07, 6.45) is -2.94. The molecule has 0 unspecified atom stereocenters. The van der Waals surface area contributed by atoms with Crippen molar-refractivity contribution in [3.05, 3.63) is 117 Å². The zero-order valence-electron chi connectivity index (χ0n) is 62.1. The number of aliphatic hydroxyl groups is 12. The van der Waals surface area contributed by atoms with Gasteiger partial charge in [-0.05, 0) is 71.5 Å². The smallest absolute Gasteiger partial charge is 0.341 e. The molecule has 0 radical (unpaired) electrons. The molecule has 1 aromatic heterocycles. The number of hydrogen-bond donors (Lipinski definition) is 24. The van der Waals surface area contributed by atoms with E-state index in [1.807, 2.05) is 18.9 Å². The maximum Gasteiger partial charge on any atom is 0.341 e. The molecule has 5 amide bonds. The van der Waals surface area contributed by atoms with Crippen molar-refractivity contribution in [2.75, 3.05) is 144 Å². The number of rotatable bonds is 49. The van der Waals surface area contributed by atoms with E-state index >= 15 is 25.3 Å². The van der Waals surface area contributed by atoms with Crippen molar-refractivity contribution in [2.45, 2.75) is 72.4 Å². The molecule has 118 heavy (non-hydrogen) atoms. The van der Waals surface area contributed by atoms with Gasteiger partial charge in [0.25, 0.3) is 5.91 Å². The normalized spacial score (nSPS) is 12.8. The van der Waals surface area contributed by atoms with Crippen LogP contribution in [0.4, 0.5) is 0 Å². The molecule has 1 aliphatic rings. The van der Waals surface area contributed by atoms with Gasteiger partial charge in [0, 0.05) is 88.7 Å². The molecule has 24 N–H and O–H groups in total. The number of nitrogens with zero attached hydrogens (tertiary/aromatic N) is 1. The number of aliphatic carboxylic acids is 3. The number of hydrogen-bond acceptors (Lipinski definition) is 35. The zero-order valence-corrected chi connectivity index (χ0v) is 67.0. The number of carboxylic acid groups (broad SMARTS) is 3. The second-order valence-corrected chi connectivity index (χ2v) is 35.8. The number of pyridine rings is 1. The van der Waals surface area contributed by atoms with Crippen LogP contribution in [0.2, 0.25) is 0 Å². The molecule has 4 aromatic carbocycles. The van der Waals surface area contributed by atoms with Crippen LogP contribution < -0.4 is 64.4 Å². The van der Waals surface area contributed by atoms with Gasteiger partial charge in [-0.15, -0.1) is 0 Å². The average Bonchev–Trinajstić information content (AvgIpc) is 0.756. The third-order valence-electron chi connectivity index (χ3n) is 17.2. The van der Waals surface area contributed by atoms with Crippen LogP contribution in [0.25, 0.3) is 0 Å². The Hall–Kier alpha value is -9.15. The topological polar surface area (TPSA) is 735 Å². The number of nitrogens with one attached hydrogen (secondary N) is 9. The Morgan fingerprint density at radius 1 is 0.356 bits per heavy atom.